The molecule has 2 rings (SSSR count). The van der Waals surface area contributed by atoms with Gasteiger partial charge < -0.3 is 4.74 Å². The molecule has 1 amide bonds. The third-order valence-electron chi connectivity index (χ3n) is 2.41. The van der Waals surface area contributed by atoms with Crippen molar-refractivity contribution in [2.75, 3.05) is 13.2 Å². The number of carbonyl (C=O) groups excluding carboxylic acids is 1. The first kappa shape index (κ1) is 10.6. The monoisotopic (exact) mass is 222 g/mol. The van der Waals surface area contributed by atoms with Gasteiger partial charge in [-0.25, -0.2) is 0 Å². The van der Waals surface area contributed by atoms with Crippen LogP contribution in [0.3, 0.4) is 0 Å². The predicted molar refractivity (Wildman–Crippen MR) is 54.5 cm³/mol. The zero-order valence-electron chi connectivity index (χ0n) is 8.38. The summed E-state index contributed by atoms with van der Waals surface area (Å²) >= 11 is 0. The second-order valence-electron chi connectivity index (χ2n) is 3.60. The quantitative estimate of drug-likeness (QED) is 0.456. The van der Waals surface area contributed by atoms with Gasteiger partial charge in [-0.3, -0.25) is 20.2 Å². The lowest BCUT2D eigenvalue weighted by molar-refractivity contribution is -0.608. The normalized spacial score (nSPS) is 17.2. The van der Waals surface area contributed by atoms with E-state index in [9.17, 15) is 14.9 Å². The largest absolute Gasteiger partial charge is 0.362 e. The van der Waals surface area contributed by atoms with E-state index in [0.717, 1.165) is 0 Å². The molecule has 0 saturated carbocycles. The van der Waals surface area contributed by atoms with Crippen molar-refractivity contribution in [3.05, 3.63) is 46.0 Å². The number of benzene rings is 1. The molecule has 0 aromatic heterocycles. The van der Waals surface area contributed by atoms with E-state index < -0.39 is 16.5 Å². The minimum atomic E-state index is -1.45. The summed E-state index contributed by atoms with van der Waals surface area (Å²) in [7, 11) is 0. The van der Waals surface area contributed by atoms with Gasteiger partial charge in [-0.05, 0) is 12.1 Å². The lowest BCUT2D eigenvalue weighted by Gasteiger charge is -2.32. The number of carbonyl (C=O) groups is 1. The number of nitrogens with zero attached hydrogens (tertiary/aromatic N) is 1. The van der Waals surface area contributed by atoms with Gasteiger partial charge in [-0.2, -0.15) is 0 Å². The highest BCUT2D eigenvalue weighted by atomic mass is 16.7. The Labute approximate surface area is 91.4 Å². The second kappa shape index (κ2) is 3.90. The Bertz CT molecular complexity index is 414. The summed E-state index contributed by atoms with van der Waals surface area (Å²) in [5.74, 6) is -0.458. The van der Waals surface area contributed by atoms with Gasteiger partial charge in [0.15, 0.2) is 0 Å². The zero-order valence-corrected chi connectivity index (χ0v) is 8.38. The Morgan fingerprint density at radius 1 is 1.38 bits per heavy atom. The van der Waals surface area contributed by atoms with Gasteiger partial charge in [0.1, 0.15) is 13.2 Å². The molecule has 1 heterocycles. The molecule has 1 aromatic carbocycles. The van der Waals surface area contributed by atoms with E-state index in [1.54, 1.807) is 30.3 Å². The van der Waals surface area contributed by atoms with Crippen LogP contribution in [0.25, 0.3) is 0 Å². The molecule has 6 nitrogen and oxygen atoms in total. The molecule has 1 aromatic rings. The van der Waals surface area contributed by atoms with Crippen LogP contribution in [0, 0.1) is 10.1 Å². The summed E-state index contributed by atoms with van der Waals surface area (Å²) < 4.78 is 4.78. The van der Waals surface area contributed by atoms with Crippen molar-refractivity contribution in [2.24, 2.45) is 0 Å². The van der Waals surface area contributed by atoms with Gasteiger partial charge >= 0.3 is 5.66 Å². The number of amides is 1. The molecule has 1 N–H and O–H groups in total. The Balaban J connectivity index is 2.10. The third kappa shape index (κ3) is 1.74. The molecule has 1 saturated heterocycles. The highest BCUT2D eigenvalue weighted by Crippen LogP contribution is 2.18. The van der Waals surface area contributed by atoms with Gasteiger partial charge in [0.25, 0.3) is 5.91 Å². The number of hydrogen-bond acceptors (Lipinski definition) is 4. The molecule has 0 bridgehead atoms. The van der Waals surface area contributed by atoms with E-state index >= 15 is 0 Å². The summed E-state index contributed by atoms with van der Waals surface area (Å²) in [6.07, 6.45) is 0. The van der Waals surface area contributed by atoms with Crippen molar-refractivity contribution in [3.8, 4) is 0 Å². The first-order chi connectivity index (χ1) is 7.64. The van der Waals surface area contributed by atoms with E-state index in [4.69, 9.17) is 4.74 Å². The molecule has 0 spiro atoms. The van der Waals surface area contributed by atoms with Crippen LogP contribution in [0.1, 0.15) is 10.4 Å². The molecule has 0 atom stereocenters. The smallest absolute Gasteiger partial charge is 0.342 e. The van der Waals surface area contributed by atoms with E-state index in [2.05, 4.69) is 5.32 Å². The van der Waals surface area contributed by atoms with Gasteiger partial charge in [0.2, 0.25) is 0 Å². The molecule has 0 aliphatic carbocycles. The van der Waals surface area contributed by atoms with Crippen LogP contribution in [0.15, 0.2) is 30.3 Å². The highest BCUT2D eigenvalue weighted by molar-refractivity contribution is 5.94. The molecular weight excluding hydrogens is 212 g/mol. The Kier molecular flexibility index (Phi) is 2.57. The predicted octanol–water partition coefficient (Wildman–Crippen LogP) is 0.420. The molecular formula is C10H10N2O4. The number of nitro groups is 1. The minimum Gasteiger partial charge on any atom is -0.362 e. The van der Waals surface area contributed by atoms with Crippen LogP contribution in [0.5, 0.6) is 0 Å². The van der Waals surface area contributed by atoms with Crippen molar-refractivity contribution in [3.63, 3.8) is 0 Å². The average Bonchev–Trinajstić information content (AvgIpc) is 2.24. The van der Waals surface area contributed by atoms with E-state index in [1.165, 1.54) is 0 Å². The van der Waals surface area contributed by atoms with Crippen LogP contribution in [-0.2, 0) is 4.74 Å². The van der Waals surface area contributed by atoms with E-state index in [-0.39, 0.29) is 13.2 Å². The maximum absolute atomic E-state index is 11.7. The number of rotatable bonds is 3. The lowest BCUT2D eigenvalue weighted by atomic mass is 10.1. The third-order valence-corrected chi connectivity index (χ3v) is 2.41. The fraction of sp³-hybridized carbons (Fsp3) is 0.300. The summed E-state index contributed by atoms with van der Waals surface area (Å²) in [5.41, 5.74) is -1.05. The molecule has 0 radical (unpaired) electrons. The summed E-state index contributed by atoms with van der Waals surface area (Å²) in [4.78, 5) is 22.0. The maximum Gasteiger partial charge on any atom is 0.342 e. The Morgan fingerprint density at radius 2 is 2.00 bits per heavy atom. The molecule has 0 unspecified atom stereocenters. The van der Waals surface area contributed by atoms with Crippen molar-refractivity contribution in [1.29, 1.82) is 0 Å². The Morgan fingerprint density at radius 3 is 2.44 bits per heavy atom. The average molecular weight is 222 g/mol. The molecule has 1 aliphatic heterocycles. The Hall–Kier alpha value is -1.95. The van der Waals surface area contributed by atoms with Crippen LogP contribution in [0.4, 0.5) is 0 Å². The summed E-state index contributed by atoms with van der Waals surface area (Å²) in [6, 6.07) is 8.37. The van der Waals surface area contributed by atoms with Gasteiger partial charge in [0.05, 0.1) is 4.92 Å². The fourth-order valence-electron chi connectivity index (χ4n) is 1.39. The first-order valence-electron chi connectivity index (χ1n) is 4.74. The fourth-order valence-corrected chi connectivity index (χ4v) is 1.39. The van der Waals surface area contributed by atoms with Crippen LogP contribution in [-0.4, -0.2) is 29.7 Å². The summed E-state index contributed by atoms with van der Waals surface area (Å²) in [6.45, 7) is -0.169. The lowest BCUT2D eigenvalue weighted by Crippen LogP contribution is -2.67. The minimum absolute atomic E-state index is 0.0847. The van der Waals surface area contributed by atoms with Gasteiger partial charge in [0, 0.05) is 5.56 Å². The van der Waals surface area contributed by atoms with Gasteiger partial charge in [-0.1, -0.05) is 18.2 Å². The van der Waals surface area contributed by atoms with Crippen molar-refractivity contribution < 1.29 is 14.5 Å². The van der Waals surface area contributed by atoms with Crippen molar-refractivity contribution in [1.82, 2.24) is 5.32 Å². The standard InChI is InChI=1S/C10H10N2O4/c13-9(8-4-2-1-3-5-8)11-10(12(14)15)6-16-7-10/h1-5H,6-7H2,(H,11,13). The number of nitrogens with one attached hydrogen (secondary N) is 1. The molecule has 16 heavy (non-hydrogen) atoms. The number of hydrogen-bond donors (Lipinski definition) is 1. The topological polar surface area (TPSA) is 81.5 Å². The molecule has 1 fully saturated rings. The molecule has 1 aliphatic rings. The molecule has 6 heteroatoms. The van der Waals surface area contributed by atoms with Crippen LogP contribution in [0.2, 0.25) is 0 Å². The van der Waals surface area contributed by atoms with E-state index in [1.807, 2.05) is 0 Å². The second-order valence-corrected chi connectivity index (χ2v) is 3.60. The number of ether oxygens (including phenoxy) is 1. The maximum atomic E-state index is 11.7. The van der Waals surface area contributed by atoms with Crippen molar-refractivity contribution in [2.45, 2.75) is 5.66 Å². The van der Waals surface area contributed by atoms with Gasteiger partial charge in [-0.15, -0.1) is 0 Å². The molecule has 84 valence electrons. The van der Waals surface area contributed by atoms with Crippen molar-refractivity contribution >= 4 is 5.91 Å². The zero-order chi connectivity index (χ0) is 11.6. The van der Waals surface area contributed by atoms with Crippen LogP contribution < -0.4 is 5.32 Å². The SMILES string of the molecule is O=C(NC1([N+](=O)[O-])COC1)c1ccccc1. The summed E-state index contributed by atoms with van der Waals surface area (Å²) in [5, 5.41) is 13.2. The van der Waals surface area contributed by atoms with E-state index in [0.29, 0.717) is 5.56 Å². The highest BCUT2D eigenvalue weighted by Gasteiger charge is 2.52. The first-order valence-corrected chi connectivity index (χ1v) is 4.74. The van der Waals surface area contributed by atoms with Crippen LogP contribution >= 0.6 is 0 Å².